The lowest BCUT2D eigenvalue weighted by molar-refractivity contribution is -0.138. The van der Waals surface area contributed by atoms with Gasteiger partial charge in [-0.25, -0.2) is 4.39 Å². The second-order valence-corrected chi connectivity index (χ2v) is 11.9. The average molecular weight is 546 g/mol. The molecule has 1 unspecified atom stereocenters. The Hall–Kier alpha value is -2.30. The first-order valence-corrected chi connectivity index (χ1v) is 14.7. The molecule has 1 aromatic rings. The number of amides is 2. The molecule has 2 fully saturated rings. The van der Waals surface area contributed by atoms with Crippen LogP contribution in [0.1, 0.15) is 56.8 Å². The molecular formula is C28H40FN5O3S. The first kappa shape index (κ1) is 28.7. The number of carbonyl (C=O) groups is 3. The number of rotatable bonds is 9. The number of piperidine rings is 1. The van der Waals surface area contributed by atoms with Gasteiger partial charge in [-0.15, -0.1) is 11.8 Å². The largest absolute Gasteiger partial charge is 0.343 e. The molecule has 0 spiro atoms. The Labute approximate surface area is 229 Å². The number of likely N-dealkylation sites (tertiary alicyclic amines) is 2. The maximum absolute atomic E-state index is 14.1. The van der Waals surface area contributed by atoms with Crippen molar-refractivity contribution in [3.05, 3.63) is 35.6 Å². The Balaban J connectivity index is 1.50. The molecule has 8 nitrogen and oxygen atoms in total. The number of halogens is 1. The van der Waals surface area contributed by atoms with E-state index in [-0.39, 0.29) is 35.4 Å². The van der Waals surface area contributed by atoms with Crippen LogP contribution in [0.3, 0.4) is 0 Å². The molecule has 2 amide bonds. The number of nitrogens with zero attached hydrogens (tertiary/aromatic N) is 3. The van der Waals surface area contributed by atoms with Gasteiger partial charge in [0.25, 0.3) is 0 Å². The number of benzene rings is 1. The van der Waals surface area contributed by atoms with Crippen LogP contribution in [0.2, 0.25) is 0 Å². The lowest BCUT2D eigenvalue weighted by atomic mass is 9.87. The summed E-state index contributed by atoms with van der Waals surface area (Å²) in [6, 6.07) is 4.30. The Kier molecular flexibility index (Phi) is 9.59. The fourth-order valence-electron chi connectivity index (χ4n) is 5.54. The van der Waals surface area contributed by atoms with Crippen LogP contribution in [0, 0.1) is 11.7 Å². The number of likely N-dealkylation sites (N-methyl/N-ethyl adjacent to an activating group) is 1. The van der Waals surface area contributed by atoms with Crippen LogP contribution >= 0.6 is 11.8 Å². The summed E-state index contributed by atoms with van der Waals surface area (Å²) in [5.74, 6) is -0.164. The third kappa shape index (κ3) is 6.46. The number of carbonyl (C=O) groups excluding carboxylic acids is 3. The second-order valence-electron chi connectivity index (χ2n) is 10.8. The fourth-order valence-corrected chi connectivity index (χ4v) is 6.73. The quantitative estimate of drug-likeness (QED) is 0.464. The van der Waals surface area contributed by atoms with E-state index in [9.17, 15) is 18.8 Å². The van der Waals surface area contributed by atoms with Crippen molar-refractivity contribution in [3.63, 3.8) is 0 Å². The van der Waals surface area contributed by atoms with Gasteiger partial charge in [-0.1, -0.05) is 0 Å². The van der Waals surface area contributed by atoms with E-state index in [1.54, 1.807) is 14.0 Å². The van der Waals surface area contributed by atoms with Gasteiger partial charge in [-0.2, -0.15) is 0 Å². The van der Waals surface area contributed by atoms with Crippen molar-refractivity contribution < 1.29 is 18.8 Å². The monoisotopic (exact) mass is 545 g/mol. The van der Waals surface area contributed by atoms with Crippen molar-refractivity contribution >= 4 is 34.4 Å². The second kappa shape index (κ2) is 12.7. The number of hydrogen-bond acceptors (Lipinski definition) is 7. The Morgan fingerprint density at radius 1 is 1.05 bits per heavy atom. The zero-order chi connectivity index (χ0) is 27.4. The summed E-state index contributed by atoms with van der Waals surface area (Å²) >= 11 is 1.53. The van der Waals surface area contributed by atoms with E-state index in [1.165, 1.54) is 36.0 Å². The van der Waals surface area contributed by atoms with Crippen molar-refractivity contribution in [2.24, 2.45) is 10.9 Å². The molecule has 3 aliphatic rings. The van der Waals surface area contributed by atoms with Gasteiger partial charge in [0.2, 0.25) is 11.8 Å². The van der Waals surface area contributed by atoms with Crippen LogP contribution in [0.15, 0.2) is 29.3 Å². The van der Waals surface area contributed by atoms with E-state index in [0.29, 0.717) is 23.9 Å². The first-order chi connectivity index (χ1) is 18.2. The number of thioether (sulfide) groups is 1. The lowest BCUT2D eigenvalue weighted by Gasteiger charge is -2.39. The summed E-state index contributed by atoms with van der Waals surface area (Å²) in [5.41, 5.74) is 0.440. The zero-order valence-electron chi connectivity index (χ0n) is 22.8. The van der Waals surface area contributed by atoms with Gasteiger partial charge in [0.1, 0.15) is 17.9 Å². The molecule has 4 atom stereocenters. The van der Waals surface area contributed by atoms with Crippen molar-refractivity contribution in [1.82, 2.24) is 20.4 Å². The minimum absolute atomic E-state index is 0.0521. The number of nitrogens with one attached hydrogen (secondary N) is 2. The van der Waals surface area contributed by atoms with Crippen LogP contribution in [-0.2, 0) is 9.59 Å². The summed E-state index contributed by atoms with van der Waals surface area (Å²) in [4.78, 5) is 48.9. The molecule has 0 aromatic heterocycles. The fraction of sp³-hybridized carbons (Fsp3) is 0.643. The normalized spacial score (nSPS) is 24.4. The zero-order valence-corrected chi connectivity index (χ0v) is 23.6. The third-order valence-electron chi connectivity index (χ3n) is 8.09. The van der Waals surface area contributed by atoms with Crippen LogP contribution in [0.25, 0.3) is 0 Å². The van der Waals surface area contributed by atoms with Crippen LogP contribution < -0.4 is 10.6 Å². The van der Waals surface area contributed by atoms with Gasteiger partial charge < -0.3 is 20.4 Å². The smallest absolute Gasteiger partial charge is 0.246 e. The third-order valence-corrected chi connectivity index (χ3v) is 9.25. The molecule has 0 bridgehead atoms. The van der Waals surface area contributed by atoms with Gasteiger partial charge in [-0.3, -0.25) is 19.4 Å². The predicted octanol–water partition coefficient (Wildman–Crippen LogP) is 2.73. The summed E-state index contributed by atoms with van der Waals surface area (Å²) in [7, 11) is 1.73. The molecule has 1 aromatic carbocycles. The molecule has 4 rings (SSSR count). The summed E-state index contributed by atoms with van der Waals surface area (Å²) in [6.45, 7) is 8.58. The van der Waals surface area contributed by atoms with Gasteiger partial charge >= 0.3 is 0 Å². The highest BCUT2D eigenvalue weighted by Crippen LogP contribution is 2.32. The first-order valence-electron chi connectivity index (χ1n) is 13.7. The minimum Gasteiger partial charge on any atom is -0.343 e. The maximum Gasteiger partial charge on any atom is 0.246 e. The van der Waals surface area contributed by atoms with E-state index >= 15 is 0 Å². The van der Waals surface area contributed by atoms with Gasteiger partial charge in [-0.05, 0) is 96.8 Å². The molecule has 2 saturated heterocycles. The molecule has 3 heterocycles. The minimum atomic E-state index is -0.586. The van der Waals surface area contributed by atoms with Crippen molar-refractivity contribution in [1.29, 1.82) is 0 Å². The molecule has 0 saturated carbocycles. The van der Waals surface area contributed by atoms with Crippen molar-refractivity contribution in [2.75, 3.05) is 32.4 Å². The average Bonchev–Trinajstić information content (AvgIpc) is 3.61. The predicted molar refractivity (Wildman–Crippen MR) is 149 cm³/mol. The van der Waals surface area contributed by atoms with E-state index in [4.69, 9.17) is 4.99 Å². The van der Waals surface area contributed by atoms with Gasteiger partial charge in [0, 0.05) is 23.9 Å². The molecule has 3 aliphatic heterocycles. The number of aliphatic imine (C=N–C) groups is 1. The maximum atomic E-state index is 14.1. The number of ketones is 1. The van der Waals surface area contributed by atoms with Gasteiger partial charge in [0.15, 0.2) is 5.78 Å². The van der Waals surface area contributed by atoms with Crippen LogP contribution in [0.4, 0.5) is 4.39 Å². The Morgan fingerprint density at radius 3 is 2.37 bits per heavy atom. The van der Waals surface area contributed by atoms with Crippen LogP contribution in [-0.4, -0.2) is 95.1 Å². The van der Waals surface area contributed by atoms with Crippen LogP contribution in [0.5, 0.6) is 0 Å². The topological polar surface area (TPSA) is 94.1 Å². The van der Waals surface area contributed by atoms with E-state index in [2.05, 4.69) is 29.4 Å². The molecule has 208 valence electrons. The summed E-state index contributed by atoms with van der Waals surface area (Å²) in [5, 5.41) is 6.85. The highest BCUT2D eigenvalue weighted by molar-refractivity contribution is 8.14. The van der Waals surface area contributed by atoms with E-state index in [1.807, 2.05) is 4.90 Å². The van der Waals surface area contributed by atoms with Gasteiger partial charge in [0.05, 0.1) is 17.1 Å². The SMILES string of the molecule is CN[C@@H](C)C(=O)N[C@H](C(=O)N1CCC[C@H]1C1=NC(C(=O)c2ccc(F)cc2)CS1)C1CCN(C(C)C)CC1. The Bertz CT molecular complexity index is 1040. The van der Waals surface area contributed by atoms with Crippen molar-refractivity contribution in [2.45, 2.75) is 76.7 Å². The summed E-state index contributed by atoms with van der Waals surface area (Å²) in [6.07, 6.45) is 3.34. The molecule has 10 heteroatoms. The lowest BCUT2D eigenvalue weighted by Crippen LogP contribution is -2.58. The van der Waals surface area contributed by atoms with Crippen molar-refractivity contribution in [3.8, 4) is 0 Å². The summed E-state index contributed by atoms with van der Waals surface area (Å²) < 4.78 is 13.3. The molecule has 2 N–H and O–H groups in total. The molecular weight excluding hydrogens is 505 g/mol. The molecule has 0 aliphatic carbocycles. The molecule has 38 heavy (non-hydrogen) atoms. The van der Waals surface area contributed by atoms with E-state index < -0.39 is 18.1 Å². The standard InChI is InChI=1S/C28H40FN5O3S/c1-17(2)33-14-11-19(12-15-33)24(32-26(36)18(3)30-4)28(37)34-13-5-6-23(34)27-31-22(16-38-27)25(35)20-7-9-21(29)10-8-20/h7-10,17-19,22-24,30H,5-6,11-16H2,1-4H3,(H,32,36)/t18-,22?,23-,24-/m0/s1. The highest BCUT2D eigenvalue weighted by atomic mass is 32.2. The number of hydrogen-bond donors (Lipinski definition) is 2. The Morgan fingerprint density at radius 2 is 1.74 bits per heavy atom. The molecule has 0 radical (unpaired) electrons. The highest BCUT2D eigenvalue weighted by Gasteiger charge is 2.42. The van der Waals surface area contributed by atoms with E-state index in [0.717, 1.165) is 43.8 Å². The number of Topliss-reactive ketones (excluding diaryl/α,β-unsaturated/α-hetero) is 1.